The fourth-order valence-corrected chi connectivity index (χ4v) is 5.14. The average Bonchev–Trinajstić information content (AvgIpc) is 3.30. The monoisotopic (exact) mass is 452 g/mol. The molecule has 5 nitrogen and oxygen atoms in total. The van der Waals surface area contributed by atoms with E-state index in [1.165, 1.54) is 11.1 Å². The van der Waals surface area contributed by atoms with Crippen LogP contribution in [0.4, 0.5) is 0 Å². The Labute approximate surface area is 201 Å². The average molecular weight is 453 g/mol. The van der Waals surface area contributed by atoms with Gasteiger partial charge >= 0.3 is 0 Å². The summed E-state index contributed by atoms with van der Waals surface area (Å²) in [5.74, 6) is 0.800. The van der Waals surface area contributed by atoms with Gasteiger partial charge in [0.2, 0.25) is 0 Å². The fraction of sp³-hybridized carbons (Fsp3) is 0.276. The van der Waals surface area contributed by atoms with Crippen molar-refractivity contribution in [3.8, 4) is 11.4 Å². The zero-order valence-electron chi connectivity index (χ0n) is 19.6. The Hall–Kier alpha value is -3.25. The number of nitrogens with zero attached hydrogens (tertiary/aromatic N) is 2. The van der Waals surface area contributed by atoms with Crippen molar-refractivity contribution in [1.82, 2.24) is 20.2 Å². The van der Waals surface area contributed by atoms with Crippen molar-refractivity contribution in [2.24, 2.45) is 0 Å². The van der Waals surface area contributed by atoms with E-state index in [1.807, 2.05) is 49.4 Å². The molecule has 34 heavy (non-hydrogen) atoms. The molecule has 0 radical (unpaired) electrons. The van der Waals surface area contributed by atoms with Gasteiger partial charge in [0.1, 0.15) is 11.9 Å². The maximum Gasteiger partial charge on any atom is 0.137 e. The molecule has 0 aliphatic carbocycles. The first-order valence-electron chi connectivity index (χ1n) is 12.1. The lowest BCUT2D eigenvalue weighted by molar-refractivity contribution is 0.0295. The summed E-state index contributed by atoms with van der Waals surface area (Å²) in [5, 5.41) is 15.5. The summed E-state index contributed by atoms with van der Waals surface area (Å²) in [7, 11) is 0. The summed E-state index contributed by atoms with van der Waals surface area (Å²) >= 11 is 0. The first-order chi connectivity index (χ1) is 16.7. The van der Waals surface area contributed by atoms with Crippen LogP contribution < -0.4 is 5.32 Å². The Balaban J connectivity index is 1.60. The lowest BCUT2D eigenvalue weighted by atomic mass is 9.80. The third-order valence-corrected chi connectivity index (χ3v) is 6.81. The van der Waals surface area contributed by atoms with Crippen molar-refractivity contribution in [3.63, 3.8) is 0 Å². The molecule has 0 amide bonds. The summed E-state index contributed by atoms with van der Waals surface area (Å²) in [6, 6.07) is 31.1. The van der Waals surface area contributed by atoms with E-state index in [0.717, 1.165) is 49.0 Å². The number of aromatic amines is 1. The normalized spacial score (nSPS) is 16.4. The van der Waals surface area contributed by atoms with Gasteiger partial charge < -0.3 is 15.4 Å². The summed E-state index contributed by atoms with van der Waals surface area (Å²) in [6.45, 7) is 5.59. The van der Waals surface area contributed by atoms with E-state index in [4.69, 9.17) is 4.98 Å². The number of hydrogen-bond acceptors (Lipinski definition) is 4. The second kappa shape index (κ2) is 10.3. The second-order valence-electron chi connectivity index (χ2n) is 8.98. The van der Waals surface area contributed by atoms with Crippen molar-refractivity contribution in [1.29, 1.82) is 0 Å². The van der Waals surface area contributed by atoms with Crippen LogP contribution >= 0.6 is 0 Å². The van der Waals surface area contributed by atoms with Gasteiger partial charge in [-0.05, 0) is 18.1 Å². The Kier molecular flexibility index (Phi) is 6.86. The molecule has 1 aliphatic rings. The van der Waals surface area contributed by atoms with Crippen LogP contribution in [0.5, 0.6) is 0 Å². The molecule has 0 spiro atoms. The molecule has 5 heteroatoms. The summed E-state index contributed by atoms with van der Waals surface area (Å²) in [5.41, 5.74) is 5.05. The number of H-pyrrole nitrogens is 1. The fourth-order valence-electron chi connectivity index (χ4n) is 5.14. The lowest BCUT2D eigenvalue weighted by Crippen LogP contribution is -2.52. The minimum absolute atomic E-state index is 0.00627. The molecule has 1 aromatic heterocycles. The van der Waals surface area contributed by atoms with Crippen LogP contribution in [0.25, 0.3) is 11.4 Å². The van der Waals surface area contributed by atoms with E-state index < -0.39 is 6.10 Å². The van der Waals surface area contributed by atoms with Crippen molar-refractivity contribution >= 4 is 0 Å². The standard InChI is InChI=1S/C29H32N4O/c1-21-26(32-29(31-21)24-15-9-4-10-16-24)28(34)27(33-19-17-30-18-20-33)25(22-11-5-2-6-12-22)23-13-7-3-8-14-23/h2-16,25,27-28,30,34H,17-20H2,1H3,(H,31,32). The van der Waals surface area contributed by atoms with E-state index in [1.54, 1.807) is 0 Å². The topological polar surface area (TPSA) is 64.2 Å². The highest BCUT2D eigenvalue weighted by atomic mass is 16.3. The van der Waals surface area contributed by atoms with E-state index in [2.05, 4.69) is 63.7 Å². The summed E-state index contributed by atoms with van der Waals surface area (Å²) in [6.07, 6.45) is -0.753. The number of aryl methyl sites for hydroxylation is 1. The van der Waals surface area contributed by atoms with Gasteiger partial charge in [-0.25, -0.2) is 4.98 Å². The molecule has 0 bridgehead atoms. The molecular formula is C29H32N4O. The van der Waals surface area contributed by atoms with Crippen molar-refractivity contribution in [2.75, 3.05) is 26.2 Å². The molecule has 0 saturated carbocycles. The molecule has 1 saturated heterocycles. The van der Waals surface area contributed by atoms with Gasteiger partial charge in [0.05, 0.1) is 11.7 Å². The van der Waals surface area contributed by atoms with Gasteiger partial charge in [0, 0.05) is 43.4 Å². The molecule has 174 valence electrons. The number of aromatic nitrogens is 2. The Morgan fingerprint density at radius 2 is 1.32 bits per heavy atom. The molecule has 1 aliphatic heterocycles. The second-order valence-corrected chi connectivity index (χ2v) is 8.98. The molecule has 5 rings (SSSR count). The van der Waals surface area contributed by atoms with E-state index in [9.17, 15) is 5.11 Å². The predicted molar refractivity (Wildman–Crippen MR) is 137 cm³/mol. The number of nitrogens with one attached hydrogen (secondary N) is 2. The first kappa shape index (κ1) is 22.5. The van der Waals surface area contributed by atoms with Gasteiger partial charge in [-0.2, -0.15) is 0 Å². The molecule has 2 atom stereocenters. The maximum absolute atomic E-state index is 12.0. The number of imidazole rings is 1. The van der Waals surface area contributed by atoms with Crippen LogP contribution in [0, 0.1) is 6.92 Å². The molecule has 2 heterocycles. The number of aliphatic hydroxyl groups is 1. The minimum Gasteiger partial charge on any atom is -0.385 e. The van der Waals surface area contributed by atoms with Crippen LogP contribution in [-0.2, 0) is 0 Å². The van der Waals surface area contributed by atoms with Crippen molar-refractivity contribution in [2.45, 2.75) is 25.0 Å². The number of rotatable bonds is 7. The Morgan fingerprint density at radius 3 is 1.88 bits per heavy atom. The highest BCUT2D eigenvalue weighted by molar-refractivity contribution is 5.56. The SMILES string of the molecule is Cc1[nH]c(-c2ccccc2)nc1C(O)C(C(c1ccccc1)c1ccccc1)N1CCNCC1. The Bertz CT molecular complexity index is 1130. The third kappa shape index (κ3) is 4.68. The van der Waals surface area contributed by atoms with E-state index >= 15 is 0 Å². The summed E-state index contributed by atoms with van der Waals surface area (Å²) in [4.78, 5) is 10.8. The summed E-state index contributed by atoms with van der Waals surface area (Å²) < 4.78 is 0. The molecular weight excluding hydrogens is 420 g/mol. The molecule has 3 N–H and O–H groups in total. The molecule has 1 fully saturated rings. The predicted octanol–water partition coefficient (Wildman–Crippen LogP) is 4.52. The van der Waals surface area contributed by atoms with Crippen LogP contribution in [0.1, 0.15) is 34.5 Å². The molecule has 3 aromatic carbocycles. The quantitative estimate of drug-likeness (QED) is 0.386. The van der Waals surface area contributed by atoms with Crippen molar-refractivity contribution < 1.29 is 5.11 Å². The van der Waals surface area contributed by atoms with Crippen LogP contribution in [-0.4, -0.2) is 52.2 Å². The number of benzene rings is 3. The third-order valence-electron chi connectivity index (χ3n) is 6.81. The molecule has 2 unspecified atom stereocenters. The largest absolute Gasteiger partial charge is 0.385 e. The lowest BCUT2D eigenvalue weighted by Gasteiger charge is -2.42. The first-order valence-corrected chi connectivity index (χ1v) is 12.1. The van der Waals surface area contributed by atoms with Gasteiger partial charge in [0.25, 0.3) is 0 Å². The highest BCUT2D eigenvalue weighted by Crippen LogP contribution is 2.38. The van der Waals surface area contributed by atoms with Gasteiger partial charge in [-0.1, -0.05) is 91.0 Å². The van der Waals surface area contributed by atoms with Gasteiger partial charge in [-0.3, -0.25) is 4.90 Å². The zero-order valence-corrected chi connectivity index (χ0v) is 19.6. The van der Waals surface area contributed by atoms with Crippen LogP contribution in [0.3, 0.4) is 0 Å². The van der Waals surface area contributed by atoms with Crippen molar-refractivity contribution in [3.05, 3.63) is 114 Å². The number of hydrogen-bond donors (Lipinski definition) is 3. The maximum atomic E-state index is 12.0. The zero-order chi connectivity index (χ0) is 23.3. The molecule has 4 aromatic rings. The van der Waals surface area contributed by atoms with E-state index in [-0.39, 0.29) is 12.0 Å². The highest BCUT2D eigenvalue weighted by Gasteiger charge is 2.38. The van der Waals surface area contributed by atoms with Crippen LogP contribution in [0.15, 0.2) is 91.0 Å². The van der Waals surface area contributed by atoms with Gasteiger partial charge in [-0.15, -0.1) is 0 Å². The number of aliphatic hydroxyl groups excluding tert-OH is 1. The number of piperazine rings is 1. The Morgan fingerprint density at radius 1 is 0.794 bits per heavy atom. The van der Waals surface area contributed by atoms with Gasteiger partial charge in [0.15, 0.2) is 0 Å². The van der Waals surface area contributed by atoms with Crippen LogP contribution in [0.2, 0.25) is 0 Å². The smallest absolute Gasteiger partial charge is 0.137 e. The van der Waals surface area contributed by atoms with E-state index in [0.29, 0.717) is 0 Å². The minimum atomic E-state index is -0.753.